The largest absolute Gasteiger partial charge is 0.494 e. The number of hydrogen-bond acceptors (Lipinski definition) is 6. The molecule has 0 aliphatic carbocycles. The van der Waals surface area contributed by atoms with E-state index in [1.807, 2.05) is 17.0 Å². The first-order valence-electron chi connectivity index (χ1n) is 7.46. The Morgan fingerprint density at radius 3 is 2.88 bits per heavy atom. The van der Waals surface area contributed by atoms with Crippen molar-refractivity contribution in [3.8, 4) is 5.75 Å². The lowest BCUT2D eigenvalue weighted by atomic mass is 10.2. The number of benzene rings is 1. The summed E-state index contributed by atoms with van der Waals surface area (Å²) in [7, 11) is 1.41. The molecule has 24 heavy (non-hydrogen) atoms. The van der Waals surface area contributed by atoms with Gasteiger partial charge in [-0.2, -0.15) is 0 Å². The molecule has 2 heterocycles. The van der Waals surface area contributed by atoms with E-state index in [9.17, 15) is 9.50 Å². The van der Waals surface area contributed by atoms with E-state index in [1.165, 1.54) is 19.5 Å². The Bertz CT molecular complexity index is 829. The van der Waals surface area contributed by atoms with Crippen molar-refractivity contribution in [1.82, 2.24) is 15.0 Å². The number of hydrogen-bond donors (Lipinski definition) is 1. The van der Waals surface area contributed by atoms with Crippen molar-refractivity contribution >= 4 is 16.7 Å². The summed E-state index contributed by atoms with van der Waals surface area (Å²) in [5.74, 6) is 0.260. The Balaban J connectivity index is 2.06. The average Bonchev–Trinajstić information content (AvgIpc) is 2.61. The van der Waals surface area contributed by atoms with E-state index in [1.54, 1.807) is 18.5 Å². The standard InChI is InChI=1S/C17H17FN4O2/c1-24-16-7-13-15(8-14(16)18)20-11-21-17(13)22(5-6-23)10-12-3-2-4-19-9-12/h2-4,7-9,11,23H,5-6,10H2,1H3. The predicted molar refractivity (Wildman–Crippen MR) is 88.4 cm³/mol. The number of ether oxygens (including phenoxy) is 1. The first-order valence-corrected chi connectivity index (χ1v) is 7.46. The van der Waals surface area contributed by atoms with E-state index in [4.69, 9.17) is 4.74 Å². The molecule has 0 aliphatic heterocycles. The summed E-state index contributed by atoms with van der Waals surface area (Å²) in [5, 5.41) is 10.1. The summed E-state index contributed by atoms with van der Waals surface area (Å²) in [6.45, 7) is 0.852. The number of nitrogens with zero attached hydrogens (tertiary/aromatic N) is 4. The van der Waals surface area contributed by atoms with Gasteiger partial charge in [-0.1, -0.05) is 6.07 Å². The molecule has 1 N–H and O–H groups in total. The minimum atomic E-state index is -0.476. The maximum absolute atomic E-state index is 13.9. The summed E-state index contributed by atoms with van der Waals surface area (Å²) in [4.78, 5) is 14.5. The fourth-order valence-corrected chi connectivity index (χ4v) is 2.55. The highest BCUT2D eigenvalue weighted by Crippen LogP contribution is 2.29. The summed E-state index contributed by atoms with van der Waals surface area (Å²) in [6, 6.07) is 6.69. The van der Waals surface area contributed by atoms with Crippen LogP contribution in [-0.2, 0) is 6.54 Å². The zero-order valence-electron chi connectivity index (χ0n) is 13.2. The molecule has 0 saturated heterocycles. The van der Waals surface area contributed by atoms with Crippen molar-refractivity contribution in [2.24, 2.45) is 0 Å². The molecule has 0 amide bonds. The zero-order chi connectivity index (χ0) is 16.9. The third-order valence-electron chi connectivity index (χ3n) is 3.65. The first kappa shape index (κ1) is 16.1. The molecule has 0 saturated carbocycles. The van der Waals surface area contributed by atoms with Gasteiger partial charge in [0.15, 0.2) is 11.6 Å². The smallest absolute Gasteiger partial charge is 0.167 e. The summed E-state index contributed by atoms with van der Waals surface area (Å²) in [5.41, 5.74) is 1.46. The molecule has 7 heteroatoms. The number of methoxy groups -OCH3 is 1. The Kier molecular flexibility index (Phi) is 4.81. The molecule has 0 radical (unpaired) electrons. The summed E-state index contributed by atoms with van der Waals surface area (Å²) < 4.78 is 19.0. The highest BCUT2D eigenvalue weighted by molar-refractivity contribution is 5.90. The van der Waals surface area contributed by atoms with Crippen LogP contribution in [0.5, 0.6) is 5.75 Å². The van der Waals surface area contributed by atoms with Crippen molar-refractivity contribution in [2.75, 3.05) is 25.2 Å². The van der Waals surface area contributed by atoms with Gasteiger partial charge in [-0.25, -0.2) is 14.4 Å². The molecule has 0 unspecified atom stereocenters. The zero-order valence-corrected chi connectivity index (χ0v) is 13.2. The Morgan fingerprint density at radius 1 is 1.29 bits per heavy atom. The lowest BCUT2D eigenvalue weighted by Crippen LogP contribution is -2.27. The predicted octanol–water partition coefficient (Wildman–Crippen LogP) is 2.17. The summed E-state index contributed by atoms with van der Waals surface area (Å²) >= 11 is 0. The van der Waals surface area contributed by atoms with Crippen LogP contribution in [0.3, 0.4) is 0 Å². The molecular formula is C17H17FN4O2. The van der Waals surface area contributed by atoms with E-state index in [0.717, 1.165) is 5.56 Å². The Hall–Kier alpha value is -2.80. The third kappa shape index (κ3) is 3.26. The third-order valence-corrected chi connectivity index (χ3v) is 3.65. The molecule has 0 spiro atoms. The lowest BCUT2D eigenvalue weighted by Gasteiger charge is -2.24. The number of halogens is 1. The molecule has 6 nitrogen and oxygen atoms in total. The van der Waals surface area contributed by atoms with Crippen molar-refractivity contribution in [1.29, 1.82) is 0 Å². The highest BCUT2D eigenvalue weighted by atomic mass is 19.1. The molecule has 124 valence electrons. The van der Waals surface area contributed by atoms with Gasteiger partial charge in [0.2, 0.25) is 0 Å². The van der Waals surface area contributed by atoms with E-state index in [2.05, 4.69) is 15.0 Å². The van der Waals surface area contributed by atoms with Gasteiger partial charge >= 0.3 is 0 Å². The Morgan fingerprint density at radius 2 is 2.17 bits per heavy atom. The number of aliphatic hydroxyl groups excluding tert-OH is 1. The van der Waals surface area contributed by atoms with Crippen LogP contribution in [0.2, 0.25) is 0 Å². The molecule has 0 atom stereocenters. The fourth-order valence-electron chi connectivity index (χ4n) is 2.55. The van der Waals surface area contributed by atoms with Crippen molar-refractivity contribution in [3.63, 3.8) is 0 Å². The number of fused-ring (bicyclic) bond motifs is 1. The monoisotopic (exact) mass is 328 g/mol. The van der Waals surface area contributed by atoms with E-state index >= 15 is 0 Å². The second-order valence-corrected chi connectivity index (χ2v) is 5.21. The van der Waals surface area contributed by atoms with E-state index in [-0.39, 0.29) is 12.4 Å². The quantitative estimate of drug-likeness (QED) is 0.748. The van der Waals surface area contributed by atoms with Crippen LogP contribution in [-0.4, -0.2) is 40.3 Å². The number of aliphatic hydroxyl groups is 1. The number of anilines is 1. The molecule has 3 rings (SSSR count). The summed E-state index contributed by atoms with van der Waals surface area (Å²) in [6.07, 6.45) is 4.85. The Labute approximate surface area is 138 Å². The minimum absolute atomic E-state index is 0.0376. The minimum Gasteiger partial charge on any atom is -0.494 e. The van der Waals surface area contributed by atoms with E-state index in [0.29, 0.717) is 29.8 Å². The van der Waals surface area contributed by atoms with Crippen LogP contribution in [0.4, 0.5) is 10.2 Å². The number of aromatic nitrogens is 3. The van der Waals surface area contributed by atoms with Gasteiger partial charge in [-0.3, -0.25) is 4.98 Å². The molecular weight excluding hydrogens is 311 g/mol. The molecule has 1 aromatic carbocycles. The van der Waals surface area contributed by atoms with E-state index < -0.39 is 5.82 Å². The fraction of sp³-hybridized carbons (Fsp3) is 0.235. The first-order chi connectivity index (χ1) is 11.7. The van der Waals surface area contributed by atoms with Crippen LogP contribution in [0.25, 0.3) is 10.9 Å². The molecule has 3 aromatic rings. The SMILES string of the molecule is COc1cc2c(N(CCO)Cc3cccnc3)ncnc2cc1F. The van der Waals surface area contributed by atoms with Gasteiger partial charge in [0, 0.05) is 36.9 Å². The maximum Gasteiger partial charge on any atom is 0.167 e. The molecule has 2 aromatic heterocycles. The lowest BCUT2D eigenvalue weighted by molar-refractivity contribution is 0.301. The van der Waals surface area contributed by atoms with Crippen LogP contribution in [0.1, 0.15) is 5.56 Å². The van der Waals surface area contributed by atoms with Crippen LogP contribution in [0, 0.1) is 5.82 Å². The van der Waals surface area contributed by atoms with Gasteiger partial charge in [0.1, 0.15) is 12.1 Å². The second kappa shape index (κ2) is 7.18. The number of rotatable bonds is 6. The van der Waals surface area contributed by atoms with Crippen molar-refractivity contribution in [3.05, 3.63) is 54.4 Å². The van der Waals surface area contributed by atoms with Crippen LogP contribution >= 0.6 is 0 Å². The van der Waals surface area contributed by atoms with Crippen molar-refractivity contribution < 1.29 is 14.2 Å². The van der Waals surface area contributed by atoms with Crippen LogP contribution < -0.4 is 9.64 Å². The number of pyridine rings is 1. The topological polar surface area (TPSA) is 71.4 Å². The van der Waals surface area contributed by atoms with Gasteiger partial charge in [-0.05, 0) is 17.7 Å². The molecule has 0 bridgehead atoms. The second-order valence-electron chi connectivity index (χ2n) is 5.21. The van der Waals surface area contributed by atoms with Gasteiger partial charge < -0.3 is 14.7 Å². The van der Waals surface area contributed by atoms with Gasteiger partial charge in [0.05, 0.1) is 19.2 Å². The van der Waals surface area contributed by atoms with Gasteiger partial charge in [-0.15, -0.1) is 0 Å². The molecule has 0 fully saturated rings. The normalized spacial score (nSPS) is 10.8. The average molecular weight is 328 g/mol. The highest BCUT2D eigenvalue weighted by Gasteiger charge is 2.15. The maximum atomic E-state index is 13.9. The van der Waals surface area contributed by atoms with Gasteiger partial charge in [0.25, 0.3) is 0 Å². The van der Waals surface area contributed by atoms with Crippen LogP contribution in [0.15, 0.2) is 43.0 Å². The molecule has 0 aliphatic rings. The van der Waals surface area contributed by atoms with Crippen molar-refractivity contribution in [2.45, 2.75) is 6.54 Å².